The van der Waals surface area contributed by atoms with Crippen LogP contribution in [0.15, 0.2) is 40.8 Å². The molecule has 0 aliphatic carbocycles. The average Bonchev–Trinajstić information content (AvgIpc) is 2.85. The van der Waals surface area contributed by atoms with E-state index < -0.39 is 0 Å². The Morgan fingerprint density at radius 2 is 1.89 bits per heavy atom. The summed E-state index contributed by atoms with van der Waals surface area (Å²) in [5.41, 5.74) is 1.01. The second kappa shape index (κ2) is 5.61. The maximum Gasteiger partial charge on any atom is 0.287 e. The van der Waals surface area contributed by atoms with Crippen LogP contribution in [0.1, 0.15) is 34.8 Å². The molecule has 0 spiro atoms. The van der Waals surface area contributed by atoms with Gasteiger partial charge in [0.15, 0.2) is 5.76 Å². The maximum absolute atomic E-state index is 11.9. The number of hydrogen-bond acceptors (Lipinski definition) is 3. The number of carbonyl (C=O) groups is 1. The number of hydrogen-bond donors (Lipinski definition) is 1. The van der Waals surface area contributed by atoms with Crippen LogP contribution in [0, 0.1) is 6.92 Å². The molecule has 1 aromatic heterocycles. The summed E-state index contributed by atoms with van der Waals surface area (Å²) in [5.74, 6) is 1.64. The zero-order chi connectivity index (χ0) is 13.8. The fourth-order valence-electron chi connectivity index (χ4n) is 1.80. The molecule has 0 aliphatic rings. The molecule has 1 heterocycles. The molecule has 0 saturated heterocycles. The molecule has 19 heavy (non-hydrogen) atoms. The standard InChI is InChI=1S/C15H17NO3/c1-10-4-9-14(19-10)15(17)16-11(2)12-5-7-13(18-3)8-6-12/h4-9,11H,1-3H3,(H,16,17)/t11-/m1/s1. The van der Waals surface area contributed by atoms with Crippen molar-refractivity contribution >= 4 is 5.91 Å². The highest BCUT2D eigenvalue weighted by molar-refractivity contribution is 5.91. The Morgan fingerprint density at radius 3 is 2.42 bits per heavy atom. The van der Waals surface area contributed by atoms with Gasteiger partial charge in [0.1, 0.15) is 11.5 Å². The Kier molecular flexibility index (Phi) is 3.90. The van der Waals surface area contributed by atoms with Crippen molar-refractivity contribution in [2.45, 2.75) is 19.9 Å². The lowest BCUT2D eigenvalue weighted by Gasteiger charge is -2.13. The normalized spacial score (nSPS) is 11.9. The highest BCUT2D eigenvalue weighted by Gasteiger charge is 2.14. The third-order valence-corrected chi connectivity index (χ3v) is 2.93. The Bertz CT molecular complexity index is 557. The molecule has 1 amide bonds. The minimum Gasteiger partial charge on any atom is -0.497 e. The second-order valence-corrected chi connectivity index (χ2v) is 4.38. The average molecular weight is 259 g/mol. The number of benzene rings is 1. The minimum atomic E-state index is -0.212. The van der Waals surface area contributed by atoms with Gasteiger partial charge >= 0.3 is 0 Å². The maximum atomic E-state index is 11.9. The molecule has 0 saturated carbocycles. The lowest BCUT2D eigenvalue weighted by molar-refractivity contribution is 0.0910. The first-order valence-corrected chi connectivity index (χ1v) is 6.11. The summed E-state index contributed by atoms with van der Waals surface area (Å²) in [5, 5.41) is 2.89. The number of nitrogens with one attached hydrogen (secondary N) is 1. The number of methoxy groups -OCH3 is 1. The van der Waals surface area contributed by atoms with Crippen molar-refractivity contribution in [2.24, 2.45) is 0 Å². The van der Waals surface area contributed by atoms with Crippen molar-refractivity contribution in [3.05, 3.63) is 53.5 Å². The monoisotopic (exact) mass is 259 g/mol. The van der Waals surface area contributed by atoms with Gasteiger partial charge in [0.05, 0.1) is 13.2 Å². The molecular formula is C15H17NO3. The van der Waals surface area contributed by atoms with Gasteiger partial charge in [-0.25, -0.2) is 0 Å². The zero-order valence-corrected chi connectivity index (χ0v) is 11.3. The number of carbonyl (C=O) groups excluding carboxylic acids is 1. The zero-order valence-electron chi connectivity index (χ0n) is 11.3. The van der Waals surface area contributed by atoms with E-state index in [9.17, 15) is 4.79 Å². The second-order valence-electron chi connectivity index (χ2n) is 4.38. The van der Waals surface area contributed by atoms with Crippen LogP contribution in [0.5, 0.6) is 5.75 Å². The smallest absolute Gasteiger partial charge is 0.287 e. The number of aryl methyl sites for hydroxylation is 1. The number of ether oxygens (including phenoxy) is 1. The van der Waals surface area contributed by atoms with Crippen LogP contribution in [-0.4, -0.2) is 13.0 Å². The van der Waals surface area contributed by atoms with Crippen molar-refractivity contribution in [1.82, 2.24) is 5.32 Å². The summed E-state index contributed by atoms with van der Waals surface area (Å²) in [6, 6.07) is 10.9. The Morgan fingerprint density at radius 1 is 1.21 bits per heavy atom. The van der Waals surface area contributed by atoms with Crippen molar-refractivity contribution in [1.29, 1.82) is 0 Å². The van der Waals surface area contributed by atoms with Crippen molar-refractivity contribution in [2.75, 3.05) is 7.11 Å². The van der Waals surface area contributed by atoms with E-state index in [0.29, 0.717) is 5.76 Å². The van der Waals surface area contributed by atoms with Crippen molar-refractivity contribution in [3.63, 3.8) is 0 Å². The van der Waals surface area contributed by atoms with Crippen molar-refractivity contribution < 1.29 is 13.9 Å². The Labute approximate surface area is 112 Å². The number of furan rings is 1. The van der Waals surface area contributed by atoms with Crippen LogP contribution in [0.2, 0.25) is 0 Å². The lowest BCUT2D eigenvalue weighted by Crippen LogP contribution is -2.26. The molecule has 0 unspecified atom stereocenters. The highest BCUT2D eigenvalue weighted by atomic mass is 16.5. The van der Waals surface area contributed by atoms with Gasteiger partial charge in [-0.2, -0.15) is 0 Å². The van der Waals surface area contributed by atoms with Gasteiger partial charge < -0.3 is 14.5 Å². The van der Waals surface area contributed by atoms with Crippen LogP contribution in [-0.2, 0) is 0 Å². The third-order valence-electron chi connectivity index (χ3n) is 2.93. The van der Waals surface area contributed by atoms with Gasteiger partial charge in [0.25, 0.3) is 5.91 Å². The van der Waals surface area contributed by atoms with Gasteiger partial charge in [-0.3, -0.25) is 4.79 Å². The molecule has 1 N–H and O–H groups in total. The number of rotatable bonds is 4. The van der Waals surface area contributed by atoms with Gasteiger partial charge in [-0.1, -0.05) is 12.1 Å². The van der Waals surface area contributed by atoms with E-state index in [1.165, 1.54) is 0 Å². The van der Waals surface area contributed by atoms with E-state index in [2.05, 4.69) is 5.32 Å². The summed E-state index contributed by atoms with van der Waals surface area (Å²) in [7, 11) is 1.62. The highest BCUT2D eigenvalue weighted by Crippen LogP contribution is 2.18. The van der Waals surface area contributed by atoms with E-state index in [-0.39, 0.29) is 11.9 Å². The van der Waals surface area contributed by atoms with Crippen molar-refractivity contribution in [3.8, 4) is 5.75 Å². The molecule has 1 aromatic carbocycles. The SMILES string of the molecule is COc1ccc([C@@H](C)NC(=O)c2ccc(C)o2)cc1. The van der Waals surface area contributed by atoms with E-state index in [0.717, 1.165) is 17.1 Å². The van der Waals surface area contributed by atoms with Crippen LogP contribution in [0.4, 0.5) is 0 Å². The van der Waals surface area contributed by atoms with Gasteiger partial charge in [-0.15, -0.1) is 0 Å². The van der Waals surface area contributed by atoms with Crippen LogP contribution >= 0.6 is 0 Å². The van der Waals surface area contributed by atoms with E-state index in [1.807, 2.05) is 38.1 Å². The molecule has 0 aliphatic heterocycles. The molecule has 1 atom stereocenters. The molecule has 0 radical (unpaired) electrons. The first-order chi connectivity index (χ1) is 9.10. The summed E-state index contributed by atoms with van der Waals surface area (Å²) in [4.78, 5) is 11.9. The summed E-state index contributed by atoms with van der Waals surface area (Å²) < 4.78 is 10.4. The molecule has 2 rings (SSSR count). The lowest BCUT2D eigenvalue weighted by atomic mass is 10.1. The van der Waals surface area contributed by atoms with Crippen LogP contribution in [0.3, 0.4) is 0 Å². The van der Waals surface area contributed by atoms with Crippen LogP contribution < -0.4 is 10.1 Å². The predicted molar refractivity (Wildman–Crippen MR) is 72.3 cm³/mol. The first-order valence-electron chi connectivity index (χ1n) is 6.11. The summed E-state index contributed by atoms with van der Waals surface area (Å²) >= 11 is 0. The van der Waals surface area contributed by atoms with Gasteiger partial charge in [-0.05, 0) is 43.7 Å². The fourth-order valence-corrected chi connectivity index (χ4v) is 1.80. The molecular weight excluding hydrogens is 242 g/mol. The summed E-state index contributed by atoms with van der Waals surface area (Å²) in [6.07, 6.45) is 0. The quantitative estimate of drug-likeness (QED) is 0.918. The number of amides is 1. The molecule has 100 valence electrons. The Hall–Kier alpha value is -2.23. The molecule has 0 bridgehead atoms. The largest absolute Gasteiger partial charge is 0.497 e. The van der Waals surface area contributed by atoms with E-state index in [1.54, 1.807) is 19.2 Å². The minimum absolute atomic E-state index is 0.0937. The molecule has 4 nitrogen and oxygen atoms in total. The first kappa shape index (κ1) is 13.2. The third kappa shape index (κ3) is 3.16. The predicted octanol–water partition coefficient (Wildman–Crippen LogP) is 3.09. The fraction of sp³-hybridized carbons (Fsp3) is 0.267. The van der Waals surface area contributed by atoms with E-state index in [4.69, 9.17) is 9.15 Å². The van der Waals surface area contributed by atoms with E-state index >= 15 is 0 Å². The molecule has 0 fully saturated rings. The Balaban J connectivity index is 2.03. The van der Waals surface area contributed by atoms with Gasteiger partial charge in [0.2, 0.25) is 0 Å². The summed E-state index contributed by atoms with van der Waals surface area (Å²) in [6.45, 7) is 3.74. The molecule has 4 heteroatoms. The van der Waals surface area contributed by atoms with Gasteiger partial charge in [0, 0.05) is 0 Å². The molecule has 2 aromatic rings. The topological polar surface area (TPSA) is 51.5 Å². The van der Waals surface area contributed by atoms with Crippen LogP contribution in [0.25, 0.3) is 0 Å².